The molecule has 1 amide bonds. The van der Waals surface area contributed by atoms with Crippen LogP contribution in [-0.4, -0.2) is 46.6 Å². The van der Waals surface area contributed by atoms with Crippen LogP contribution < -0.4 is 0 Å². The van der Waals surface area contributed by atoms with Crippen LogP contribution in [0.3, 0.4) is 0 Å². The number of amides is 1. The highest BCUT2D eigenvalue weighted by Crippen LogP contribution is 2.19. The molecule has 0 aliphatic carbocycles. The van der Waals surface area contributed by atoms with E-state index in [4.69, 9.17) is 4.74 Å². The van der Waals surface area contributed by atoms with Crippen molar-refractivity contribution in [3.05, 3.63) is 66.0 Å². The third-order valence-electron chi connectivity index (χ3n) is 4.76. The molecule has 1 aliphatic rings. The molecule has 2 heterocycles. The molecule has 128 valence electrons. The summed E-state index contributed by atoms with van der Waals surface area (Å²) in [5, 5.41) is 0. The van der Waals surface area contributed by atoms with Crippen molar-refractivity contribution in [1.82, 2.24) is 14.9 Å². The van der Waals surface area contributed by atoms with Crippen LogP contribution in [0.25, 0.3) is 11.0 Å². The first-order valence-electron chi connectivity index (χ1n) is 8.67. The zero-order valence-electron chi connectivity index (χ0n) is 14.0. The highest BCUT2D eigenvalue weighted by atomic mass is 16.5. The van der Waals surface area contributed by atoms with Crippen LogP contribution in [0.5, 0.6) is 0 Å². The number of hydrogen-bond acceptors (Lipinski definition) is 3. The smallest absolute Gasteiger partial charge is 0.254 e. The van der Waals surface area contributed by atoms with Gasteiger partial charge >= 0.3 is 0 Å². The lowest BCUT2D eigenvalue weighted by Gasteiger charge is -2.28. The van der Waals surface area contributed by atoms with Gasteiger partial charge in [0, 0.05) is 18.7 Å². The van der Waals surface area contributed by atoms with Gasteiger partial charge in [-0.2, -0.15) is 0 Å². The van der Waals surface area contributed by atoms with Gasteiger partial charge in [-0.1, -0.05) is 30.3 Å². The number of benzene rings is 2. The molecular weight excluding hydrogens is 314 g/mol. The molecule has 0 spiro atoms. The molecule has 3 aromatic rings. The van der Waals surface area contributed by atoms with Crippen LogP contribution in [0.4, 0.5) is 0 Å². The van der Waals surface area contributed by atoms with Gasteiger partial charge in [0.15, 0.2) is 0 Å². The number of carbonyl (C=O) groups is 1. The number of hydrogen-bond donors (Lipinski definition) is 1. The van der Waals surface area contributed by atoms with Crippen molar-refractivity contribution in [2.45, 2.75) is 18.9 Å². The Morgan fingerprint density at radius 3 is 2.92 bits per heavy atom. The first kappa shape index (κ1) is 15.8. The van der Waals surface area contributed by atoms with Crippen LogP contribution >= 0.6 is 0 Å². The van der Waals surface area contributed by atoms with Crippen molar-refractivity contribution in [3.8, 4) is 0 Å². The fraction of sp³-hybridized carbons (Fsp3) is 0.300. The van der Waals surface area contributed by atoms with Crippen molar-refractivity contribution in [1.29, 1.82) is 0 Å². The molecule has 25 heavy (non-hydrogen) atoms. The van der Waals surface area contributed by atoms with E-state index in [2.05, 4.69) is 22.1 Å². The first-order valence-corrected chi connectivity index (χ1v) is 8.67. The van der Waals surface area contributed by atoms with Crippen molar-refractivity contribution >= 4 is 16.9 Å². The minimum absolute atomic E-state index is 0.0583. The Balaban J connectivity index is 1.56. The maximum absolute atomic E-state index is 13.2. The van der Waals surface area contributed by atoms with Crippen LogP contribution in [0.15, 0.2) is 54.9 Å². The molecule has 0 radical (unpaired) electrons. The Morgan fingerprint density at radius 1 is 1.24 bits per heavy atom. The van der Waals surface area contributed by atoms with Gasteiger partial charge in [0.05, 0.1) is 30.0 Å². The van der Waals surface area contributed by atoms with E-state index < -0.39 is 0 Å². The number of rotatable bonds is 5. The second kappa shape index (κ2) is 7.07. The predicted octanol–water partition coefficient (Wildman–Crippen LogP) is 3.04. The van der Waals surface area contributed by atoms with Crippen LogP contribution in [0.1, 0.15) is 22.3 Å². The molecule has 1 atom stereocenters. The van der Waals surface area contributed by atoms with Gasteiger partial charge in [0.1, 0.15) is 0 Å². The third kappa shape index (κ3) is 3.42. The summed E-state index contributed by atoms with van der Waals surface area (Å²) in [6, 6.07) is 16.1. The zero-order chi connectivity index (χ0) is 17.1. The number of fused-ring (bicyclic) bond motifs is 1. The highest BCUT2D eigenvalue weighted by Gasteiger charge is 2.28. The lowest BCUT2D eigenvalue weighted by Crippen LogP contribution is -2.42. The van der Waals surface area contributed by atoms with Gasteiger partial charge in [0.25, 0.3) is 5.91 Å². The van der Waals surface area contributed by atoms with Gasteiger partial charge in [-0.15, -0.1) is 0 Å². The summed E-state index contributed by atoms with van der Waals surface area (Å²) in [6.45, 7) is 2.03. The summed E-state index contributed by atoms with van der Waals surface area (Å²) in [5.74, 6) is 0.0583. The molecule has 5 nitrogen and oxygen atoms in total. The largest absolute Gasteiger partial charge is 0.379 e. The zero-order valence-corrected chi connectivity index (χ0v) is 14.0. The standard InChI is InChI=1S/C20H21N3O2/c24-20(16-6-7-18-19(12-16)22-14-21-18)23(17-9-11-25-13-17)10-8-15-4-2-1-3-5-15/h1-7,12,14,17H,8-11,13H2,(H,21,22)/t17-/m0/s1. The second-order valence-electron chi connectivity index (χ2n) is 6.39. The summed E-state index contributed by atoms with van der Waals surface area (Å²) in [5.41, 5.74) is 3.69. The Bertz CT molecular complexity index is 854. The Morgan fingerprint density at radius 2 is 2.12 bits per heavy atom. The molecule has 1 aromatic heterocycles. The maximum atomic E-state index is 13.2. The summed E-state index contributed by atoms with van der Waals surface area (Å²) >= 11 is 0. The molecule has 1 N–H and O–H groups in total. The van der Waals surface area contributed by atoms with E-state index in [1.165, 1.54) is 5.56 Å². The summed E-state index contributed by atoms with van der Waals surface area (Å²) in [4.78, 5) is 22.4. The number of ether oxygens (including phenoxy) is 1. The summed E-state index contributed by atoms with van der Waals surface area (Å²) < 4.78 is 5.52. The Kier molecular flexibility index (Phi) is 4.48. The molecule has 1 fully saturated rings. The quantitative estimate of drug-likeness (QED) is 0.780. The fourth-order valence-electron chi connectivity index (χ4n) is 3.35. The SMILES string of the molecule is O=C(c1ccc2nc[nH]c2c1)N(CCc1ccccc1)[C@H]1CCOC1. The monoisotopic (exact) mass is 335 g/mol. The summed E-state index contributed by atoms with van der Waals surface area (Å²) in [7, 11) is 0. The van der Waals surface area contributed by atoms with E-state index in [1.54, 1.807) is 6.33 Å². The lowest BCUT2D eigenvalue weighted by atomic mass is 10.1. The Hall–Kier alpha value is -2.66. The third-order valence-corrected chi connectivity index (χ3v) is 4.76. The normalized spacial score (nSPS) is 17.0. The lowest BCUT2D eigenvalue weighted by molar-refractivity contribution is 0.0656. The molecular formula is C20H21N3O2. The van der Waals surface area contributed by atoms with Crippen LogP contribution in [0, 0.1) is 0 Å². The molecule has 5 heteroatoms. The number of aromatic amines is 1. The van der Waals surface area contributed by atoms with E-state index >= 15 is 0 Å². The van der Waals surface area contributed by atoms with Crippen molar-refractivity contribution in [3.63, 3.8) is 0 Å². The molecule has 0 bridgehead atoms. The van der Waals surface area contributed by atoms with E-state index in [0.29, 0.717) is 18.7 Å². The maximum Gasteiger partial charge on any atom is 0.254 e. The number of H-pyrrole nitrogens is 1. The van der Waals surface area contributed by atoms with Gasteiger partial charge in [-0.05, 0) is 36.6 Å². The molecule has 1 aliphatic heterocycles. The van der Waals surface area contributed by atoms with Gasteiger partial charge in [-0.25, -0.2) is 4.98 Å². The number of carbonyl (C=O) groups excluding carboxylic acids is 1. The average molecular weight is 335 g/mol. The Labute approximate surface area is 146 Å². The van der Waals surface area contributed by atoms with E-state index in [9.17, 15) is 4.79 Å². The molecule has 0 saturated carbocycles. The number of nitrogens with zero attached hydrogens (tertiary/aromatic N) is 2. The molecule has 4 rings (SSSR count). The number of aromatic nitrogens is 2. The minimum atomic E-state index is 0.0583. The number of imidazole rings is 1. The predicted molar refractivity (Wildman–Crippen MR) is 96.5 cm³/mol. The topological polar surface area (TPSA) is 58.2 Å². The fourth-order valence-corrected chi connectivity index (χ4v) is 3.35. The summed E-state index contributed by atoms with van der Waals surface area (Å²) in [6.07, 6.45) is 3.39. The number of nitrogens with one attached hydrogen (secondary N) is 1. The average Bonchev–Trinajstić information content (AvgIpc) is 3.34. The van der Waals surface area contributed by atoms with Crippen molar-refractivity contribution < 1.29 is 9.53 Å². The second-order valence-corrected chi connectivity index (χ2v) is 6.39. The van der Waals surface area contributed by atoms with E-state index in [0.717, 1.165) is 30.5 Å². The minimum Gasteiger partial charge on any atom is -0.379 e. The highest BCUT2D eigenvalue weighted by molar-refractivity contribution is 5.97. The molecule has 2 aromatic carbocycles. The van der Waals surface area contributed by atoms with E-state index in [-0.39, 0.29) is 11.9 Å². The van der Waals surface area contributed by atoms with Crippen molar-refractivity contribution in [2.24, 2.45) is 0 Å². The van der Waals surface area contributed by atoms with Gasteiger partial charge in [-0.3, -0.25) is 4.79 Å². The first-order chi connectivity index (χ1) is 12.3. The molecule has 1 saturated heterocycles. The van der Waals surface area contributed by atoms with Crippen molar-refractivity contribution in [2.75, 3.05) is 19.8 Å². The van der Waals surface area contributed by atoms with Gasteiger partial charge < -0.3 is 14.6 Å². The van der Waals surface area contributed by atoms with Crippen LogP contribution in [-0.2, 0) is 11.2 Å². The van der Waals surface area contributed by atoms with Gasteiger partial charge in [0.2, 0.25) is 0 Å². The van der Waals surface area contributed by atoms with E-state index in [1.807, 2.05) is 41.3 Å². The molecule has 0 unspecified atom stereocenters. The van der Waals surface area contributed by atoms with Crippen LogP contribution in [0.2, 0.25) is 0 Å².